The lowest BCUT2D eigenvalue weighted by Crippen LogP contribution is -2.26. The Balaban J connectivity index is 2.21. The fourth-order valence-electron chi connectivity index (χ4n) is 2.31. The summed E-state index contributed by atoms with van der Waals surface area (Å²) >= 11 is 0. The monoisotopic (exact) mass is 263 g/mol. The number of benzene rings is 1. The largest absolute Gasteiger partial charge is 0.496 e. The molecule has 1 unspecified atom stereocenters. The molecule has 5 heteroatoms. The highest BCUT2D eigenvalue weighted by atomic mass is 16.5. The summed E-state index contributed by atoms with van der Waals surface area (Å²) in [5.74, 6) is 0.0147. The van der Waals surface area contributed by atoms with Crippen LogP contribution in [0.15, 0.2) is 18.2 Å². The summed E-state index contributed by atoms with van der Waals surface area (Å²) in [5.41, 5.74) is 1.74. The summed E-state index contributed by atoms with van der Waals surface area (Å²) in [5, 5.41) is 0. The van der Waals surface area contributed by atoms with Crippen LogP contribution in [-0.2, 0) is 14.3 Å². The maximum absolute atomic E-state index is 12.0. The first-order chi connectivity index (χ1) is 9.06. The molecule has 0 aliphatic carbocycles. The number of esters is 1. The van der Waals surface area contributed by atoms with Crippen molar-refractivity contribution in [3.8, 4) is 5.75 Å². The van der Waals surface area contributed by atoms with E-state index in [9.17, 15) is 9.59 Å². The number of carbonyl (C=O) groups is 2. The Hall–Kier alpha value is -2.04. The normalized spacial score (nSPS) is 18.6. The maximum Gasteiger partial charge on any atom is 0.311 e. The van der Waals surface area contributed by atoms with Crippen molar-refractivity contribution in [2.45, 2.75) is 13.3 Å². The van der Waals surface area contributed by atoms with Crippen LogP contribution < -0.4 is 9.64 Å². The number of amides is 1. The second kappa shape index (κ2) is 5.30. The van der Waals surface area contributed by atoms with Crippen LogP contribution in [0.5, 0.6) is 5.75 Å². The lowest BCUT2D eigenvalue weighted by Gasteiger charge is -2.17. The number of methoxy groups -OCH3 is 2. The van der Waals surface area contributed by atoms with E-state index in [1.165, 1.54) is 7.11 Å². The second-order valence-corrected chi connectivity index (χ2v) is 4.58. The molecule has 1 saturated heterocycles. The summed E-state index contributed by atoms with van der Waals surface area (Å²) < 4.78 is 9.88. The van der Waals surface area contributed by atoms with Crippen LogP contribution in [0.4, 0.5) is 5.69 Å². The summed E-state index contributed by atoms with van der Waals surface area (Å²) in [6.07, 6.45) is 0.206. The summed E-state index contributed by atoms with van der Waals surface area (Å²) in [7, 11) is 2.95. The molecule has 1 fully saturated rings. The van der Waals surface area contributed by atoms with Gasteiger partial charge in [-0.05, 0) is 30.7 Å². The Morgan fingerprint density at radius 3 is 2.68 bits per heavy atom. The van der Waals surface area contributed by atoms with E-state index < -0.39 is 0 Å². The second-order valence-electron chi connectivity index (χ2n) is 4.58. The Kier molecular flexibility index (Phi) is 3.74. The molecule has 1 aliphatic heterocycles. The first-order valence-electron chi connectivity index (χ1n) is 6.09. The van der Waals surface area contributed by atoms with Gasteiger partial charge in [-0.15, -0.1) is 0 Å². The SMILES string of the molecule is COC(=O)C1CC(=O)N(c2ccc(OC)c(C)c2)C1. The molecular weight excluding hydrogens is 246 g/mol. The highest BCUT2D eigenvalue weighted by Gasteiger charge is 2.35. The predicted molar refractivity (Wildman–Crippen MR) is 70.2 cm³/mol. The third kappa shape index (κ3) is 2.54. The van der Waals surface area contributed by atoms with Gasteiger partial charge in [0.15, 0.2) is 0 Å². The van der Waals surface area contributed by atoms with Crippen molar-refractivity contribution in [1.82, 2.24) is 0 Å². The standard InChI is InChI=1S/C14H17NO4/c1-9-6-11(4-5-12(9)18-2)15-8-10(7-13(15)16)14(17)19-3/h4-6,10H,7-8H2,1-3H3. The zero-order valence-electron chi connectivity index (χ0n) is 11.3. The van der Waals surface area contributed by atoms with Gasteiger partial charge in [0, 0.05) is 18.7 Å². The summed E-state index contributed by atoms with van der Waals surface area (Å²) in [6.45, 7) is 2.29. The van der Waals surface area contributed by atoms with E-state index in [0.29, 0.717) is 6.54 Å². The highest BCUT2D eigenvalue weighted by molar-refractivity contribution is 5.99. The van der Waals surface area contributed by atoms with Crippen molar-refractivity contribution in [2.75, 3.05) is 25.7 Å². The van der Waals surface area contributed by atoms with Crippen molar-refractivity contribution >= 4 is 17.6 Å². The Labute approximate surface area is 112 Å². The van der Waals surface area contributed by atoms with Crippen LogP contribution in [0.2, 0.25) is 0 Å². The third-order valence-corrected chi connectivity index (χ3v) is 3.35. The lowest BCUT2D eigenvalue weighted by molar-refractivity contribution is -0.145. The highest BCUT2D eigenvalue weighted by Crippen LogP contribution is 2.29. The molecule has 102 valence electrons. The van der Waals surface area contributed by atoms with Crippen LogP contribution in [0.1, 0.15) is 12.0 Å². The molecule has 0 saturated carbocycles. The van der Waals surface area contributed by atoms with Crippen LogP contribution in [-0.4, -0.2) is 32.6 Å². The number of aryl methyl sites for hydroxylation is 1. The molecule has 1 atom stereocenters. The predicted octanol–water partition coefficient (Wildman–Crippen LogP) is 1.53. The van der Waals surface area contributed by atoms with Gasteiger partial charge in [0.05, 0.1) is 20.1 Å². The molecule has 1 aliphatic rings. The van der Waals surface area contributed by atoms with E-state index in [-0.39, 0.29) is 24.2 Å². The molecule has 1 heterocycles. The first-order valence-corrected chi connectivity index (χ1v) is 6.09. The van der Waals surface area contributed by atoms with E-state index >= 15 is 0 Å². The van der Waals surface area contributed by atoms with Crippen LogP contribution in [0.3, 0.4) is 0 Å². The van der Waals surface area contributed by atoms with E-state index in [4.69, 9.17) is 4.74 Å². The third-order valence-electron chi connectivity index (χ3n) is 3.35. The molecule has 0 spiro atoms. The zero-order chi connectivity index (χ0) is 14.0. The number of nitrogens with zero attached hydrogens (tertiary/aromatic N) is 1. The molecule has 2 rings (SSSR count). The van der Waals surface area contributed by atoms with Gasteiger partial charge in [-0.25, -0.2) is 0 Å². The lowest BCUT2D eigenvalue weighted by atomic mass is 10.1. The van der Waals surface area contributed by atoms with Crippen molar-refractivity contribution < 1.29 is 19.1 Å². The molecular formula is C14H17NO4. The van der Waals surface area contributed by atoms with E-state index in [1.807, 2.05) is 25.1 Å². The molecule has 19 heavy (non-hydrogen) atoms. The Bertz CT molecular complexity index is 512. The number of carbonyl (C=O) groups excluding carboxylic acids is 2. The minimum atomic E-state index is -0.375. The molecule has 0 radical (unpaired) electrons. The number of rotatable bonds is 3. The van der Waals surface area contributed by atoms with Crippen LogP contribution in [0.25, 0.3) is 0 Å². The zero-order valence-corrected chi connectivity index (χ0v) is 11.3. The average molecular weight is 263 g/mol. The van der Waals surface area contributed by atoms with Crippen LogP contribution >= 0.6 is 0 Å². The fraction of sp³-hybridized carbons (Fsp3) is 0.429. The van der Waals surface area contributed by atoms with Gasteiger partial charge in [0.1, 0.15) is 5.75 Å². The Morgan fingerprint density at radius 1 is 1.37 bits per heavy atom. The van der Waals surface area contributed by atoms with E-state index in [0.717, 1.165) is 17.0 Å². The number of ether oxygens (including phenoxy) is 2. The summed E-state index contributed by atoms with van der Waals surface area (Å²) in [6, 6.07) is 5.53. The number of hydrogen-bond donors (Lipinski definition) is 0. The molecule has 0 bridgehead atoms. The van der Waals surface area contributed by atoms with Crippen LogP contribution in [0, 0.1) is 12.8 Å². The van der Waals surface area contributed by atoms with E-state index in [1.54, 1.807) is 12.0 Å². The van der Waals surface area contributed by atoms with Gasteiger partial charge in [-0.3, -0.25) is 9.59 Å². The van der Waals surface area contributed by atoms with Gasteiger partial charge in [-0.2, -0.15) is 0 Å². The first kappa shape index (κ1) is 13.4. The number of anilines is 1. The van der Waals surface area contributed by atoms with Gasteiger partial charge in [0.2, 0.25) is 5.91 Å². The smallest absolute Gasteiger partial charge is 0.311 e. The molecule has 1 aromatic rings. The average Bonchev–Trinajstić information content (AvgIpc) is 2.80. The van der Waals surface area contributed by atoms with Crippen molar-refractivity contribution in [1.29, 1.82) is 0 Å². The van der Waals surface area contributed by atoms with Gasteiger partial charge >= 0.3 is 5.97 Å². The van der Waals surface area contributed by atoms with Crippen molar-refractivity contribution in [3.63, 3.8) is 0 Å². The van der Waals surface area contributed by atoms with Crippen molar-refractivity contribution in [2.24, 2.45) is 5.92 Å². The summed E-state index contributed by atoms with van der Waals surface area (Å²) in [4.78, 5) is 25.1. The molecule has 5 nitrogen and oxygen atoms in total. The molecule has 1 amide bonds. The molecule has 1 aromatic carbocycles. The topological polar surface area (TPSA) is 55.8 Å². The quantitative estimate of drug-likeness (QED) is 0.776. The van der Waals surface area contributed by atoms with Gasteiger partial charge < -0.3 is 14.4 Å². The maximum atomic E-state index is 12.0. The van der Waals surface area contributed by atoms with Gasteiger partial charge in [-0.1, -0.05) is 0 Å². The molecule has 0 aromatic heterocycles. The van der Waals surface area contributed by atoms with Gasteiger partial charge in [0.25, 0.3) is 0 Å². The minimum Gasteiger partial charge on any atom is -0.496 e. The van der Waals surface area contributed by atoms with Crippen molar-refractivity contribution in [3.05, 3.63) is 23.8 Å². The van der Waals surface area contributed by atoms with E-state index in [2.05, 4.69) is 4.74 Å². The molecule has 0 N–H and O–H groups in total. The Morgan fingerprint density at radius 2 is 2.11 bits per heavy atom. The fourth-order valence-corrected chi connectivity index (χ4v) is 2.31. The minimum absolute atomic E-state index is 0.0556. The number of hydrogen-bond acceptors (Lipinski definition) is 4.